The first kappa shape index (κ1) is 23.9. The van der Waals surface area contributed by atoms with E-state index in [0.717, 1.165) is 46.7 Å². The zero-order valence-corrected chi connectivity index (χ0v) is 21.6. The Labute approximate surface area is 223 Å². The molecule has 0 bridgehead atoms. The van der Waals surface area contributed by atoms with Crippen molar-refractivity contribution in [3.8, 4) is 11.5 Å². The molecule has 1 atom stereocenters. The molecule has 0 amide bonds. The van der Waals surface area contributed by atoms with E-state index >= 15 is 0 Å². The highest BCUT2D eigenvalue weighted by molar-refractivity contribution is 5.97. The van der Waals surface area contributed by atoms with E-state index in [4.69, 9.17) is 9.47 Å². The van der Waals surface area contributed by atoms with Gasteiger partial charge >= 0.3 is 5.97 Å². The summed E-state index contributed by atoms with van der Waals surface area (Å²) in [5, 5.41) is 3.48. The number of esters is 1. The molecular weight excluding hydrogens is 472 g/mol. The number of fused-ring (bicyclic) bond motifs is 6. The molecule has 0 aromatic heterocycles. The van der Waals surface area contributed by atoms with Crippen LogP contribution in [0.15, 0.2) is 97.1 Å². The van der Waals surface area contributed by atoms with Gasteiger partial charge in [-0.05, 0) is 55.8 Å². The highest BCUT2D eigenvalue weighted by Gasteiger charge is 2.53. The second-order valence-electron chi connectivity index (χ2n) is 9.48. The van der Waals surface area contributed by atoms with E-state index in [9.17, 15) is 4.79 Å². The van der Waals surface area contributed by atoms with E-state index in [0.29, 0.717) is 23.6 Å². The zero-order valence-electron chi connectivity index (χ0n) is 21.6. The minimum atomic E-state index is -1.07. The van der Waals surface area contributed by atoms with Gasteiger partial charge in [0, 0.05) is 53.8 Å². The molecule has 0 fully saturated rings. The number of hydrogen-bond donors (Lipinski definition) is 1. The van der Waals surface area contributed by atoms with Crippen LogP contribution < -0.4 is 15.0 Å². The average molecular weight is 503 g/mol. The number of nitrogens with zero attached hydrogens (tertiary/aromatic N) is 1. The molecule has 38 heavy (non-hydrogen) atoms. The van der Waals surface area contributed by atoms with Gasteiger partial charge in [0.25, 0.3) is 0 Å². The van der Waals surface area contributed by atoms with Gasteiger partial charge in [0.1, 0.15) is 11.5 Å². The van der Waals surface area contributed by atoms with Crippen molar-refractivity contribution in [3.05, 3.63) is 125 Å². The molecular formula is C33H30N2O3. The summed E-state index contributed by atoms with van der Waals surface area (Å²) in [5.41, 5.74) is 5.16. The van der Waals surface area contributed by atoms with E-state index in [1.165, 1.54) is 0 Å². The molecule has 6 rings (SSSR count). The minimum absolute atomic E-state index is 0.323. The lowest BCUT2D eigenvalue weighted by molar-refractivity contribution is 0.0224. The number of anilines is 2. The van der Waals surface area contributed by atoms with Gasteiger partial charge in [-0.25, -0.2) is 4.79 Å². The molecule has 5 heteroatoms. The number of carbonyl (C=O) groups is 1. The van der Waals surface area contributed by atoms with Crippen LogP contribution in [0.3, 0.4) is 0 Å². The summed E-state index contributed by atoms with van der Waals surface area (Å²) in [6.07, 6.45) is 4.19. The number of ether oxygens (including phenoxy) is 2. The van der Waals surface area contributed by atoms with Gasteiger partial charge in [0.05, 0.1) is 5.56 Å². The highest BCUT2D eigenvalue weighted by atomic mass is 16.6. The molecule has 190 valence electrons. The minimum Gasteiger partial charge on any atom is -0.456 e. The van der Waals surface area contributed by atoms with Gasteiger partial charge in [-0.2, -0.15) is 0 Å². The summed E-state index contributed by atoms with van der Waals surface area (Å²) in [6.45, 7) is 6.71. The van der Waals surface area contributed by atoms with Crippen LogP contribution >= 0.6 is 0 Å². The van der Waals surface area contributed by atoms with E-state index in [1.54, 1.807) is 0 Å². The summed E-state index contributed by atoms with van der Waals surface area (Å²) in [7, 11) is 0. The van der Waals surface area contributed by atoms with Crippen molar-refractivity contribution in [1.82, 2.24) is 0 Å². The van der Waals surface area contributed by atoms with Gasteiger partial charge in [0.2, 0.25) is 0 Å². The Kier molecular flexibility index (Phi) is 6.12. The fourth-order valence-electron chi connectivity index (χ4n) is 5.49. The van der Waals surface area contributed by atoms with Crippen LogP contribution in [0.25, 0.3) is 6.08 Å². The van der Waals surface area contributed by atoms with Crippen LogP contribution in [-0.4, -0.2) is 25.6 Å². The van der Waals surface area contributed by atoms with Crippen LogP contribution in [0.1, 0.15) is 46.5 Å². The standard InChI is InChI=1S/C33H30N2O3/c1-3-35(4-2)25-17-18-28-31(22-25)37-30-19-16-24(34-20-10-13-23-11-6-5-7-12-23)21-29(30)33(28)27-15-9-8-14-26(27)32(36)38-33/h5-19,21-22,34H,3-4,20H2,1-2H3. The maximum absolute atomic E-state index is 13.2. The first-order valence-corrected chi connectivity index (χ1v) is 13.1. The normalized spacial score (nSPS) is 16.9. The number of carbonyl (C=O) groups excluding carboxylic acids is 1. The quantitative estimate of drug-likeness (QED) is 0.270. The number of benzene rings is 4. The maximum atomic E-state index is 13.2. The number of hydrogen-bond acceptors (Lipinski definition) is 5. The molecule has 4 aromatic rings. The molecule has 1 spiro atoms. The molecule has 0 saturated carbocycles. The summed E-state index contributed by atoms with van der Waals surface area (Å²) in [4.78, 5) is 15.4. The fourth-order valence-corrected chi connectivity index (χ4v) is 5.49. The Balaban J connectivity index is 1.42. The highest BCUT2D eigenvalue weighted by Crippen LogP contribution is 2.56. The Hall–Kier alpha value is -4.51. The van der Waals surface area contributed by atoms with Gasteiger partial charge in [-0.1, -0.05) is 60.7 Å². The van der Waals surface area contributed by atoms with Gasteiger partial charge < -0.3 is 19.7 Å². The predicted molar refractivity (Wildman–Crippen MR) is 152 cm³/mol. The molecule has 0 saturated heterocycles. The van der Waals surface area contributed by atoms with Crippen molar-refractivity contribution in [3.63, 3.8) is 0 Å². The van der Waals surface area contributed by atoms with Crippen LogP contribution in [0.4, 0.5) is 11.4 Å². The molecule has 1 unspecified atom stereocenters. The third-order valence-corrected chi connectivity index (χ3v) is 7.36. The van der Waals surface area contributed by atoms with Crippen molar-refractivity contribution in [2.75, 3.05) is 29.9 Å². The van der Waals surface area contributed by atoms with Crippen molar-refractivity contribution in [1.29, 1.82) is 0 Å². The second-order valence-corrected chi connectivity index (χ2v) is 9.48. The molecule has 4 aromatic carbocycles. The van der Waals surface area contributed by atoms with Crippen molar-refractivity contribution < 1.29 is 14.3 Å². The Bertz CT molecular complexity index is 1520. The van der Waals surface area contributed by atoms with E-state index < -0.39 is 5.60 Å². The van der Waals surface area contributed by atoms with Gasteiger partial charge in [-0.15, -0.1) is 0 Å². The third-order valence-electron chi connectivity index (χ3n) is 7.36. The van der Waals surface area contributed by atoms with Gasteiger partial charge in [0.15, 0.2) is 5.60 Å². The smallest absolute Gasteiger partial charge is 0.340 e. The van der Waals surface area contributed by atoms with Crippen LogP contribution in [-0.2, 0) is 10.3 Å². The number of rotatable bonds is 7. The molecule has 0 radical (unpaired) electrons. The molecule has 0 aliphatic carbocycles. The lowest BCUT2D eigenvalue weighted by atomic mass is 9.77. The van der Waals surface area contributed by atoms with E-state index in [-0.39, 0.29) is 5.97 Å². The lowest BCUT2D eigenvalue weighted by Crippen LogP contribution is -2.33. The maximum Gasteiger partial charge on any atom is 0.340 e. The number of nitrogens with one attached hydrogen (secondary N) is 1. The topological polar surface area (TPSA) is 50.8 Å². The summed E-state index contributed by atoms with van der Waals surface area (Å²) < 4.78 is 12.8. The van der Waals surface area contributed by atoms with Crippen LogP contribution in [0.2, 0.25) is 0 Å². The predicted octanol–water partition coefficient (Wildman–Crippen LogP) is 7.23. The zero-order chi connectivity index (χ0) is 26.1. The van der Waals surface area contributed by atoms with Crippen molar-refractivity contribution in [2.24, 2.45) is 0 Å². The molecule has 2 aliphatic rings. The largest absolute Gasteiger partial charge is 0.456 e. The Morgan fingerprint density at radius 2 is 1.61 bits per heavy atom. The van der Waals surface area contributed by atoms with Gasteiger partial charge in [-0.3, -0.25) is 0 Å². The van der Waals surface area contributed by atoms with E-state index in [2.05, 4.69) is 60.5 Å². The molecule has 1 N–H and O–H groups in total. The SMILES string of the molecule is CCN(CC)c1ccc2c(c1)Oc1ccc(NCC=Cc3ccccc3)cc1C21OC(=O)c2ccccc21. The first-order chi connectivity index (χ1) is 18.6. The van der Waals surface area contributed by atoms with Crippen molar-refractivity contribution >= 4 is 23.4 Å². The van der Waals surface area contributed by atoms with Crippen LogP contribution in [0, 0.1) is 0 Å². The summed E-state index contributed by atoms with van der Waals surface area (Å²) in [6, 6.07) is 30.1. The second kappa shape index (κ2) is 9.75. The molecule has 5 nitrogen and oxygen atoms in total. The molecule has 2 aliphatic heterocycles. The fraction of sp³-hybridized carbons (Fsp3) is 0.182. The Morgan fingerprint density at radius 1 is 0.816 bits per heavy atom. The Morgan fingerprint density at radius 3 is 2.42 bits per heavy atom. The monoisotopic (exact) mass is 502 g/mol. The lowest BCUT2D eigenvalue weighted by Gasteiger charge is -2.37. The molecule has 2 heterocycles. The third kappa shape index (κ3) is 3.91. The summed E-state index contributed by atoms with van der Waals surface area (Å²) in [5.74, 6) is 1.07. The van der Waals surface area contributed by atoms with E-state index in [1.807, 2.05) is 66.7 Å². The average Bonchev–Trinajstić information content (AvgIpc) is 3.25. The first-order valence-electron chi connectivity index (χ1n) is 13.1. The summed E-state index contributed by atoms with van der Waals surface area (Å²) >= 11 is 0. The van der Waals surface area contributed by atoms with Crippen LogP contribution in [0.5, 0.6) is 11.5 Å². The van der Waals surface area contributed by atoms with Crippen molar-refractivity contribution in [2.45, 2.75) is 19.4 Å².